The van der Waals surface area contributed by atoms with Crippen molar-refractivity contribution >= 4 is 5.82 Å². The van der Waals surface area contributed by atoms with Crippen molar-refractivity contribution in [3.8, 4) is 17.0 Å². The Hall–Kier alpha value is -2.01. The Kier molecular flexibility index (Phi) is 4.63. The molecule has 3 rings (SSSR count). The fourth-order valence-corrected chi connectivity index (χ4v) is 3.00. The van der Waals surface area contributed by atoms with Crippen LogP contribution in [0.3, 0.4) is 0 Å². The number of anilines is 1. The summed E-state index contributed by atoms with van der Waals surface area (Å²) in [5.41, 5.74) is 1.92. The van der Waals surface area contributed by atoms with Crippen LogP contribution in [0.5, 0.6) is 5.75 Å². The van der Waals surface area contributed by atoms with E-state index in [1.165, 1.54) is 25.7 Å². The van der Waals surface area contributed by atoms with Gasteiger partial charge in [-0.3, -0.25) is 0 Å². The molecule has 22 heavy (non-hydrogen) atoms. The number of rotatable bonds is 6. The number of aromatic nitrogens is 2. The van der Waals surface area contributed by atoms with Gasteiger partial charge in [0, 0.05) is 17.7 Å². The summed E-state index contributed by atoms with van der Waals surface area (Å²) >= 11 is 0. The smallest absolute Gasteiger partial charge is 0.125 e. The van der Waals surface area contributed by atoms with Crippen molar-refractivity contribution in [3.05, 3.63) is 30.3 Å². The molecule has 1 heterocycles. The third-order valence-electron chi connectivity index (χ3n) is 4.16. The van der Waals surface area contributed by atoms with Crippen LogP contribution in [-0.4, -0.2) is 34.6 Å². The molecule has 1 aromatic carbocycles. The van der Waals surface area contributed by atoms with Crippen LogP contribution in [0.2, 0.25) is 0 Å². The van der Waals surface area contributed by atoms with Gasteiger partial charge in [-0.05, 0) is 25.0 Å². The number of ether oxygens (including phenoxy) is 1. The van der Waals surface area contributed by atoms with Gasteiger partial charge in [-0.2, -0.15) is 5.10 Å². The predicted octanol–water partition coefficient (Wildman–Crippen LogP) is 2.91. The van der Waals surface area contributed by atoms with E-state index >= 15 is 0 Å². The van der Waals surface area contributed by atoms with Gasteiger partial charge >= 0.3 is 0 Å². The highest BCUT2D eigenvalue weighted by molar-refractivity contribution is 5.64. The first-order valence-electron chi connectivity index (χ1n) is 7.90. The first kappa shape index (κ1) is 14.9. The summed E-state index contributed by atoms with van der Waals surface area (Å²) < 4.78 is 7.13. The Morgan fingerprint density at radius 3 is 2.86 bits per heavy atom. The van der Waals surface area contributed by atoms with Gasteiger partial charge in [0.1, 0.15) is 11.6 Å². The van der Waals surface area contributed by atoms with Crippen LogP contribution in [0.25, 0.3) is 11.3 Å². The molecular formula is C17H23N3O2. The first-order chi connectivity index (χ1) is 10.8. The zero-order valence-electron chi connectivity index (χ0n) is 13.0. The number of nitrogens with zero attached hydrogens (tertiary/aromatic N) is 2. The minimum absolute atomic E-state index is 0.0819. The van der Waals surface area contributed by atoms with E-state index in [2.05, 4.69) is 16.5 Å². The lowest BCUT2D eigenvalue weighted by Crippen LogP contribution is -2.18. The molecule has 5 nitrogen and oxygen atoms in total. The van der Waals surface area contributed by atoms with Crippen LogP contribution in [0, 0.1) is 0 Å². The second-order valence-corrected chi connectivity index (χ2v) is 5.72. The number of nitrogens with one attached hydrogen (secondary N) is 1. The van der Waals surface area contributed by atoms with Crippen molar-refractivity contribution in [2.24, 2.45) is 0 Å². The molecule has 0 bridgehead atoms. The van der Waals surface area contributed by atoms with E-state index < -0.39 is 0 Å². The molecule has 0 radical (unpaired) electrons. The molecule has 0 unspecified atom stereocenters. The SMILES string of the molecule is COc1cccc(-c2cc(NC3CCCC3)n(CCO)n2)c1. The molecule has 0 atom stereocenters. The molecular weight excluding hydrogens is 278 g/mol. The highest BCUT2D eigenvalue weighted by Gasteiger charge is 2.17. The van der Waals surface area contributed by atoms with Crippen LogP contribution in [0.4, 0.5) is 5.82 Å². The lowest BCUT2D eigenvalue weighted by atomic mass is 10.1. The molecule has 0 amide bonds. The van der Waals surface area contributed by atoms with Gasteiger partial charge in [-0.1, -0.05) is 25.0 Å². The minimum atomic E-state index is 0.0819. The molecule has 0 aliphatic heterocycles. The summed E-state index contributed by atoms with van der Waals surface area (Å²) in [6, 6.07) is 10.5. The summed E-state index contributed by atoms with van der Waals surface area (Å²) in [5, 5.41) is 17.5. The minimum Gasteiger partial charge on any atom is -0.497 e. The number of methoxy groups -OCH3 is 1. The zero-order chi connectivity index (χ0) is 15.4. The van der Waals surface area contributed by atoms with Gasteiger partial charge in [-0.15, -0.1) is 0 Å². The molecule has 5 heteroatoms. The fraction of sp³-hybridized carbons (Fsp3) is 0.471. The van der Waals surface area contributed by atoms with E-state index in [9.17, 15) is 5.11 Å². The predicted molar refractivity (Wildman–Crippen MR) is 87.2 cm³/mol. The maximum absolute atomic E-state index is 9.26. The third-order valence-corrected chi connectivity index (χ3v) is 4.16. The first-order valence-corrected chi connectivity index (χ1v) is 7.90. The fourth-order valence-electron chi connectivity index (χ4n) is 3.00. The number of benzene rings is 1. The Labute approximate surface area is 130 Å². The zero-order valence-corrected chi connectivity index (χ0v) is 13.0. The summed E-state index contributed by atoms with van der Waals surface area (Å²) in [4.78, 5) is 0. The number of hydrogen-bond acceptors (Lipinski definition) is 4. The lowest BCUT2D eigenvalue weighted by Gasteiger charge is -2.14. The van der Waals surface area contributed by atoms with E-state index in [4.69, 9.17) is 4.74 Å². The summed E-state index contributed by atoms with van der Waals surface area (Å²) in [7, 11) is 1.66. The number of hydrogen-bond donors (Lipinski definition) is 2. The van der Waals surface area contributed by atoms with Crippen LogP contribution >= 0.6 is 0 Å². The van der Waals surface area contributed by atoms with Crippen molar-refractivity contribution in [1.29, 1.82) is 0 Å². The standard InChI is InChI=1S/C17H23N3O2/c1-22-15-8-4-5-13(11-15)16-12-17(20(19-16)9-10-21)18-14-6-2-3-7-14/h4-5,8,11-12,14,18,21H,2-3,6-7,9-10H2,1H3. The van der Waals surface area contributed by atoms with Crippen molar-refractivity contribution in [2.75, 3.05) is 19.0 Å². The molecule has 0 spiro atoms. The quantitative estimate of drug-likeness (QED) is 0.861. The van der Waals surface area contributed by atoms with Crippen LogP contribution in [0.1, 0.15) is 25.7 Å². The van der Waals surface area contributed by atoms with Crippen LogP contribution in [0.15, 0.2) is 30.3 Å². The van der Waals surface area contributed by atoms with E-state index in [0.717, 1.165) is 22.8 Å². The molecule has 1 aromatic heterocycles. The largest absolute Gasteiger partial charge is 0.497 e. The topological polar surface area (TPSA) is 59.3 Å². The second kappa shape index (κ2) is 6.83. The second-order valence-electron chi connectivity index (χ2n) is 5.72. The molecule has 1 aliphatic rings. The third kappa shape index (κ3) is 3.25. The average Bonchev–Trinajstić information content (AvgIpc) is 3.19. The Bertz CT molecular complexity index is 618. The molecule has 1 aliphatic carbocycles. The van der Waals surface area contributed by atoms with Crippen molar-refractivity contribution in [2.45, 2.75) is 38.3 Å². The molecule has 2 aromatic rings. The molecule has 1 fully saturated rings. The highest BCUT2D eigenvalue weighted by Crippen LogP contribution is 2.28. The molecule has 118 valence electrons. The van der Waals surface area contributed by atoms with Gasteiger partial charge in [0.25, 0.3) is 0 Å². The normalized spacial score (nSPS) is 15.2. The Balaban J connectivity index is 1.87. The highest BCUT2D eigenvalue weighted by atomic mass is 16.5. The maximum Gasteiger partial charge on any atom is 0.125 e. The van der Waals surface area contributed by atoms with Crippen LogP contribution < -0.4 is 10.1 Å². The summed E-state index contributed by atoms with van der Waals surface area (Å²) in [6.07, 6.45) is 4.99. The van der Waals surface area contributed by atoms with E-state index in [1.807, 2.05) is 28.9 Å². The number of aliphatic hydroxyl groups excluding tert-OH is 1. The van der Waals surface area contributed by atoms with Gasteiger partial charge in [0.05, 0.1) is 26.0 Å². The Morgan fingerprint density at radius 1 is 1.32 bits per heavy atom. The van der Waals surface area contributed by atoms with Crippen LogP contribution in [-0.2, 0) is 6.54 Å². The Morgan fingerprint density at radius 2 is 2.14 bits per heavy atom. The number of aliphatic hydroxyl groups is 1. The maximum atomic E-state index is 9.26. The van der Waals surface area contributed by atoms with Gasteiger partial charge in [0.2, 0.25) is 0 Å². The lowest BCUT2D eigenvalue weighted by molar-refractivity contribution is 0.270. The average molecular weight is 301 g/mol. The van der Waals surface area contributed by atoms with Crippen molar-refractivity contribution in [1.82, 2.24) is 9.78 Å². The monoisotopic (exact) mass is 301 g/mol. The van der Waals surface area contributed by atoms with Crippen molar-refractivity contribution < 1.29 is 9.84 Å². The van der Waals surface area contributed by atoms with Gasteiger partial charge < -0.3 is 15.2 Å². The molecule has 0 saturated heterocycles. The van der Waals surface area contributed by atoms with Gasteiger partial charge in [-0.25, -0.2) is 4.68 Å². The molecule has 2 N–H and O–H groups in total. The van der Waals surface area contributed by atoms with E-state index in [1.54, 1.807) is 7.11 Å². The van der Waals surface area contributed by atoms with Gasteiger partial charge in [0.15, 0.2) is 0 Å². The molecule has 1 saturated carbocycles. The van der Waals surface area contributed by atoms with E-state index in [-0.39, 0.29) is 6.61 Å². The van der Waals surface area contributed by atoms with Crippen molar-refractivity contribution in [3.63, 3.8) is 0 Å². The summed E-state index contributed by atoms with van der Waals surface area (Å²) in [5.74, 6) is 1.80. The summed E-state index contributed by atoms with van der Waals surface area (Å²) in [6.45, 7) is 0.581. The van der Waals surface area contributed by atoms with E-state index in [0.29, 0.717) is 12.6 Å².